The van der Waals surface area contributed by atoms with Crippen molar-refractivity contribution in [1.29, 1.82) is 0 Å². The first-order valence-corrected chi connectivity index (χ1v) is 4.40. The standard InChI is InChI=1S/C11H17N/c1-8-6-5-7-11(9(8)2)10(3)12-4/h5-7,10,12H,1-4H3/t10-/m0/s1. The lowest BCUT2D eigenvalue weighted by Crippen LogP contribution is -2.13. The molecule has 0 aliphatic carbocycles. The van der Waals surface area contributed by atoms with Gasteiger partial charge in [-0.05, 0) is 44.5 Å². The number of rotatable bonds is 2. The van der Waals surface area contributed by atoms with Crippen LogP contribution >= 0.6 is 0 Å². The first-order valence-electron chi connectivity index (χ1n) is 4.40. The molecule has 1 heteroatoms. The molecule has 0 radical (unpaired) electrons. The summed E-state index contributed by atoms with van der Waals surface area (Å²) in [7, 11) is 1.99. The lowest BCUT2D eigenvalue weighted by molar-refractivity contribution is 0.648. The van der Waals surface area contributed by atoms with Gasteiger partial charge in [-0.15, -0.1) is 0 Å². The van der Waals surface area contributed by atoms with E-state index in [4.69, 9.17) is 0 Å². The lowest BCUT2D eigenvalue weighted by Gasteiger charge is -2.14. The molecule has 1 aromatic carbocycles. The van der Waals surface area contributed by atoms with Crippen LogP contribution in [0.25, 0.3) is 0 Å². The molecule has 0 fully saturated rings. The van der Waals surface area contributed by atoms with Crippen LogP contribution in [0.2, 0.25) is 0 Å². The lowest BCUT2D eigenvalue weighted by atomic mass is 9.99. The summed E-state index contributed by atoms with van der Waals surface area (Å²) < 4.78 is 0. The smallest absolute Gasteiger partial charge is 0.0291 e. The minimum atomic E-state index is 0.449. The second-order valence-corrected chi connectivity index (χ2v) is 3.30. The van der Waals surface area contributed by atoms with Crippen molar-refractivity contribution in [3.05, 3.63) is 34.9 Å². The van der Waals surface area contributed by atoms with Gasteiger partial charge < -0.3 is 5.32 Å². The summed E-state index contributed by atoms with van der Waals surface area (Å²) in [4.78, 5) is 0. The Morgan fingerprint density at radius 2 is 1.92 bits per heavy atom. The van der Waals surface area contributed by atoms with Gasteiger partial charge in [-0.3, -0.25) is 0 Å². The Hall–Kier alpha value is -0.820. The Balaban J connectivity index is 3.07. The molecule has 0 aliphatic rings. The number of benzene rings is 1. The second-order valence-electron chi connectivity index (χ2n) is 3.30. The molecule has 66 valence electrons. The van der Waals surface area contributed by atoms with Gasteiger partial charge in [-0.2, -0.15) is 0 Å². The minimum Gasteiger partial charge on any atom is -0.313 e. The molecule has 0 saturated carbocycles. The fourth-order valence-electron chi connectivity index (χ4n) is 1.40. The molecule has 0 amide bonds. The molecule has 0 aliphatic heterocycles. The topological polar surface area (TPSA) is 12.0 Å². The molecular formula is C11H17N. The number of aryl methyl sites for hydroxylation is 1. The minimum absolute atomic E-state index is 0.449. The predicted octanol–water partition coefficient (Wildman–Crippen LogP) is 2.58. The molecule has 0 saturated heterocycles. The average Bonchev–Trinajstić information content (AvgIpc) is 2.08. The van der Waals surface area contributed by atoms with Crippen molar-refractivity contribution in [3.63, 3.8) is 0 Å². The van der Waals surface area contributed by atoms with E-state index in [9.17, 15) is 0 Å². The van der Waals surface area contributed by atoms with Crippen molar-refractivity contribution >= 4 is 0 Å². The van der Waals surface area contributed by atoms with E-state index in [1.807, 2.05) is 7.05 Å². The van der Waals surface area contributed by atoms with Crippen molar-refractivity contribution < 1.29 is 0 Å². The highest BCUT2D eigenvalue weighted by Crippen LogP contribution is 2.19. The number of nitrogens with one attached hydrogen (secondary N) is 1. The molecule has 0 aromatic heterocycles. The molecule has 1 rings (SSSR count). The largest absolute Gasteiger partial charge is 0.313 e. The summed E-state index contributed by atoms with van der Waals surface area (Å²) in [5, 5.41) is 3.25. The zero-order valence-electron chi connectivity index (χ0n) is 8.31. The van der Waals surface area contributed by atoms with Crippen molar-refractivity contribution in [2.75, 3.05) is 7.05 Å². The molecule has 12 heavy (non-hydrogen) atoms. The van der Waals surface area contributed by atoms with Crippen molar-refractivity contribution in [2.24, 2.45) is 0 Å². The van der Waals surface area contributed by atoms with E-state index >= 15 is 0 Å². The van der Waals surface area contributed by atoms with Gasteiger partial charge in [0.05, 0.1) is 0 Å². The van der Waals surface area contributed by atoms with Gasteiger partial charge in [-0.1, -0.05) is 18.2 Å². The van der Waals surface area contributed by atoms with Gasteiger partial charge in [0, 0.05) is 6.04 Å². The van der Waals surface area contributed by atoms with Gasteiger partial charge in [0.15, 0.2) is 0 Å². The van der Waals surface area contributed by atoms with Gasteiger partial charge in [0.2, 0.25) is 0 Å². The Labute approximate surface area is 74.8 Å². The highest BCUT2D eigenvalue weighted by Gasteiger charge is 2.05. The van der Waals surface area contributed by atoms with Gasteiger partial charge in [-0.25, -0.2) is 0 Å². The maximum absolute atomic E-state index is 3.25. The molecule has 0 unspecified atom stereocenters. The quantitative estimate of drug-likeness (QED) is 0.706. The third kappa shape index (κ3) is 1.67. The Kier molecular flexibility index (Phi) is 2.88. The van der Waals surface area contributed by atoms with Crippen LogP contribution in [0.3, 0.4) is 0 Å². The molecule has 0 spiro atoms. The second kappa shape index (κ2) is 3.72. The maximum Gasteiger partial charge on any atom is 0.0291 e. The highest BCUT2D eigenvalue weighted by atomic mass is 14.9. The normalized spacial score (nSPS) is 13.0. The van der Waals surface area contributed by atoms with E-state index in [1.165, 1.54) is 16.7 Å². The van der Waals surface area contributed by atoms with E-state index < -0.39 is 0 Å². The van der Waals surface area contributed by atoms with Crippen LogP contribution in [0.4, 0.5) is 0 Å². The third-order valence-electron chi connectivity index (χ3n) is 2.55. The fourth-order valence-corrected chi connectivity index (χ4v) is 1.40. The number of hydrogen-bond acceptors (Lipinski definition) is 1. The first-order chi connectivity index (χ1) is 5.66. The van der Waals surface area contributed by atoms with E-state index in [2.05, 4.69) is 44.3 Å². The van der Waals surface area contributed by atoms with E-state index in [1.54, 1.807) is 0 Å². The van der Waals surface area contributed by atoms with E-state index in [0.29, 0.717) is 6.04 Å². The Bertz CT molecular complexity index is 266. The summed E-state index contributed by atoms with van der Waals surface area (Å²) in [6.45, 7) is 6.52. The molecule has 0 heterocycles. The molecular weight excluding hydrogens is 146 g/mol. The molecule has 1 atom stereocenters. The van der Waals surface area contributed by atoms with Crippen molar-refractivity contribution in [3.8, 4) is 0 Å². The van der Waals surface area contributed by atoms with Crippen LogP contribution < -0.4 is 5.32 Å². The van der Waals surface area contributed by atoms with Crippen LogP contribution in [-0.4, -0.2) is 7.05 Å². The summed E-state index contributed by atoms with van der Waals surface area (Å²) >= 11 is 0. The van der Waals surface area contributed by atoms with Gasteiger partial charge in [0.1, 0.15) is 0 Å². The SMILES string of the molecule is CN[C@@H](C)c1cccc(C)c1C. The number of hydrogen-bond donors (Lipinski definition) is 1. The summed E-state index contributed by atoms with van der Waals surface area (Å²) in [6.07, 6.45) is 0. The molecule has 0 bridgehead atoms. The summed E-state index contributed by atoms with van der Waals surface area (Å²) in [5.41, 5.74) is 4.17. The zero-order valence-corrected chi connectivity index (χ0v) is 8.31. The Morgan fingerprint density at radius 1 is 1.25 bits per heavy atom. The van der Waals surface area contributed by atoms with Gasteiger partial charge in [0.25, 0.3) is 0 Å². The van der Waals surface area contributed by atoms with Crippen LogP contribution in [0.15, 0.2) is 18.2 Å². The molecule has 1 aromatic rings. The third-order valence-corrected chi connectivity index (χ3v) is 2.55. The maximum atomic E-state index is 3.25. The summed E-state index contributed by atoms with van der Waals surface area (Å²) in [6, 6.07) is 6.90. The fraction of sp³-hybridized carbons (Fsp3) is 0.455. The first kappa shape index (κ1) is 9.27. The Morgan fingerprint density at radius 3 is 2.50 bits per heavy atom. The van der Waals surface area contributed by atoms with E-state index in [-0.39, 0.29) is 0 Å². The summed E-state index contributed by atoms with van der Waals surface area (Å²) in [5.74, 6) is 0. The van der Waals surface area contributed by atoms with E-state index in [0.717, 1.165) is 0 Å². The average molecular weight is 163 g/mol. The van der Waals surface area contributed by atoms with Crippen LogP contribution in [0, 0.1) is 13.8 Å². The zero-order chi connectivity index (χ0) is 9.14. The van der Waals surface area contributed by atoms with Crippen LogP contribution in [0.1, 0.15) is 29.7 Å². The predicted molar refractivity (Wildman–Crippen MR) is 53.4 cm³/mol. The molecule has 1 N–H and O–H groups in total. The monoisotopic (exact) mass is 163 g/mol. The van der Waals surface area contributed by atoms with Crippen LogP contribution in [0.5, 0.6) is 0 Å². The van der Waals surface area contributed by atoms with Gasteiger partial charge >= 0.3 is 0 Å². The van der Waals surface area contributed by atoms with Crippen molar-refractivity contribution in [2.45, 2.75) is 26.8 Å². The highest BCUT2D eigenvalue weighted by molar-refractivity contribution is 5.34. The molecule has 1 nitrogen and oxygen atoms in total. The van der Waals surface area contributed by atoms with Crippen LogP contribution in [-0.2, 0) is 0 Å². The van der Waals surface area contributed by atoms with Crippen molar-refractivity contribution in [1.82, 2.24) is 5.32 Å².